The molecular weight excluding hydrogens is 399 g/mol. The summed E-state index contributed by atoms with van der Waals surface area (Å²) in [6.07, 6.45) is 1.74. The minimum atomic E-state index is -0.310. The number of carbonyl (C=O) groups excluding carboxylic acids is 1. The number of ether oxygens (including phenoxy) is 1. The Morgan fingerprint density at radius 1 is 1.29 bits per heavy atom. The third kappa shape index (κ3) is 5.46. The molecule has 0 aliphatic carbocycles. The van der Waals surface area contributed by atoms with Gasteiger partial charge in [-0.05, 0) is 62.7 Å². The highest BCUT2D eigenvalue weighted by Gasteiger charge is 2.27. The number of aromatic nitrogens is 2. The number of hydrogen-bond acceptors (Lipinski definition) is 6. The van der Waals surface area contributed by atoms with Crippen LogP contribution in [-0.2, 0) is 11.3 Å². The number of carbonyl (C=O) groups is 1. The number of benzene rings is 2. The molecule has 3 aromatic rings. The van der Waals surface area contributed by atoms with Crippen LogP contribution in [0.4, 0.5) is 10.1 Å². The van der Waals surface area contributed by atoms with Crippen molar-refractivity contribution in [1.29, 1.82) is 0 Å². The predicted octanol–water partition coefficient (Wildman–Crippen LogP) is 4.13. The van der Waals surface area contributed by atoms with Crippen molar-refractivity contribution in [2.24, 2.45) is 5.92 Å². The Hall–Kier alpha value is -3.26. The van der Waals surface area contributed by atoms with E-state index in [-0.39, 0.29) is 17.6 Å². The molecule has 4 rings (SSSR count). The zero-order valence-electron chi connectivity index (χ0n) is 17.4. The zero-order chi connectivity index (χ0) is 21.6. The first kappa shape index (κ1) is 21.0. The Morgan fingerprint density at radius 3 is 2.94 bits per heavy atom. The van der Waals surface area contributed by atoms with Crippen LogP contribution in [0.15, 0.2) is 53.1 Å². The van der Waals surface area contributed by atoms with E-state index in [1.54, 1.807) is 12.1 Å². The summed E-state index contributed by atoms with van der Waals surface area (Å²) in [5.41, 5.74) is 1.43. The summed E-state index contributed by atoms with van der Waals surface area (Å²) in [5, 5.41) is 6.99. The average molecular weight is 424 g/mol. The maximum Gasteiger partial charge on any atom is 0.241 e. The largest absolute Gasteiger partial charge is 0.494 e. The molecule has 0 spiro atoms. The van der Waals surface area contributed by atoms with E-state index in [0.717, 1.165) is 30.8 Å². The molecule has 1 aromatic heterocycles. The van der Waals surface area contributed by atoms with Crippen molar-refractivity contribution >= 4 is 11.6 Å². The number of piperidine rings is 1. The number of likely N-dealkylation sites (tertiary alicyclic amines) is 1. The summed E-state index contributed by atoms with van der Waals surface area (Å²) in [6.45, 7) is 4.45. The van der Waals surface area contributed by atoms with Crippen LogP contribution < -0.4 is 10.1 Å². The van der Waals surface area contributed by atoms with Gasteiger partial charge < -0.3 is 14.6 Å². The number of amides is 1. The van der Waals surface area contributed by atoms with Gasteiger partial charge in [0.05, 0.1) is 19.1 Å². The molecule has 162 valence electrons. The third-order valence-electron chi connectivity index (χ3n) is 5.22. The van der Waals surface area contributed by atoms with Gasteiger partial charge in [0.1, 0.15) is 11.6 Å². The summed E-state index contributed by atoms with van der Waals surface area (Å²) in [7, 11) is 0. The highest BCUT2D eigenvalue weighted by atomic mass is 19.1. The molecule has 1 aliphatic heterocycles. The molecule has 2 aromatic carbocycles. The first-order chi connectivity index (χ1) is 15.1. The molecule has 31 heavy (non-hydrogen) atoms. The van der Waals surface area contributed by atoms with Gasteiger partial charge in [0, 0.05) is 23.9 Å². The van der Waals surface area contributed by atoms with E-state index in [9.17, 15) is 9.18 Å². The SMILES string of the molecule is CCOc1cccc(NC(=O)C2CCCN(Cc3nc(-c4ccc(F)cc4)no3)C2)c1. The van der Waals surface area contributed by atoms with Crippen molar-refractivity contribution in [1.82, 2.24) is 15.0 Å². The molecule has 1 N–H and O–H groups in total. The number of rotatable bonds is 7. The third-order valence-corrected chi connectivity index (χ3v) is 5.22. The first-order valence-electron chi connectivity index (χ1n) is 10.5. The van der Waals surface area contributed by atoms with Gasteiger partial charge in [0.25, 0.3) is 0 Å². The molecule has 1 saturated heterocycles. The Balaban J connectivity index is 1.35. The van der Waals surface area contributed by atoms with Crippen LogP contribution in [0.25, 0.3) is 11.4 Å². The first-order valence-corrected chi connectivity index (χ1v) is 10.5. The van der Waals surface area contributed by atoms with Crippen LogP contribution in [0.5, 0.6) is 5.75 Å². The molecule has 2 heterocycles. The summed E-state index contributed by atoms with van der Waals surface area (Å²) in [6, 6.07) is 13.4. The van der Waals surface area contributed by atoms with Crippen molar-refractivity contribution in [2.45, 2.75) is 26.3 Å². The number of halogens is 1. The maximum absolute atomic E-state index is 13.1. The van der Waals surface area contributed by atoms with Crippen molar-refractivity contribution < 1.29 is 18.4 Å². The zero-order valence-corrected chi connectivity index (χ0v) is 17.4. The number of anilines is 1. The lowest BCUT2D eigenvalue weighted by Gasteiger charge is -2.30. The summed E-state index contributed by atoms with van der Waals surface area (Å²) < 4.78 is 24.0. The van der Waals surface area contributed by atoms with E-state index in [1.807, 2.05) is 31.2 Å². The predicted molar refractivity (Wildman–Crippen MR) is 114 cm³/mol. The second-order valence-corrected chi connectivity index (χ2v) is 7.54. The molecule has 0 saturated carbocycles. The van der Waals surface area contributed by atoms with Crippen molar-refractivity contribution in [2.75, 3.05) is 25.0 Å². The quantitative estimate of drug-likeness (QED) is 0.614. The van der Waals surface area contributed by atoms with Crippen LogP contribution in [0, 0.1) is 11.7 Å². The smallest absolute Gasteiger partial charge is 0.241 e. The average Bonchev–Trinajstić information content (AvgIpc) is 3.23. The van der Waals surface area contributed by atoms with Crippen molar-refractivity contribution in [3.05, 3.63) is 60.2 Å². The molecule has 0 radical (unpaired) electrons. The standard InChI is InChI=1S/C23H25FN4O3/c1-2-30-20-7-3-6-19(13-20)25-23(29)17-5-4-12-28(14-17)15-21-26-22(27-31-21)16-8-10-18(24)11-9-16/h3,6-11,13,17H,2,4-5,12,14-15H2,1H3,(H,25,29). The van der Waals surface area contributed by atoms with Gasteiger partial charge in [-0.1, -0.05) is 11.2 Å². The fourth-order valence-corrected chi connectivity index (χ4v) is 3.71. The lowest BCUT2D eigenvalue weighted by atomic mass is 9.97. The van der Waals surface area contributed by atoms with Crippen LogP contribution in [0.3, 0.4) is 0 Å². The summed E-state index contributed by atoms with van der Waals surface area (Å²) in [4.78, 5) is 19.3. The molecule has 0 bridgehead atoms. The monoisotopic (exact) mass is 424 g/mol. The van der Waals surface area contributed by atoms with Gasteiger partial charge in [-0.25, -0.2) is 4.39 Å². The van der Waals surface area contributed by atoms with Crippen molar-refractivity contribution in [3.63, 3.8) is 0 Å². The van der Waals surface area contributed by atoms with Crippen molar-refractivity contribution in [3.8, 4) is 17.1 Å². The van der Waals surface area contributed by atoms with Gasteiger partial charge in [-0.2, -0.15) is 4.98 Å². The van der Waals surface area contributed by atoms with Crippen LogP contribution in [0.1, 0.15) is 25.7 Å². The number of hydrogen-bond donors (Lipinski definition) is 1. The van der Waals surface area contributed by atoms with Gasteiger partial charge in [-0.3, -0.25) is 9.69 Å². The molecule has 1 amide bonds. The fraction of sp³-hybridized carbons (Fsp3) is 0.348. The highest BCUT2D eigenvalue weighted by molar-refractivity contribution is 5.92. The topological polar surface area (TPSA) is 80.5 Å². The van der Waals surface area contributed by atoms with E-state index >= 15 is 0 Å². The summed E-state index contributed by atoms with van der Waals surface area (Å²) >= 11 is 0. The minimum Gasteiger partial charge on any atom is -0.494 e. The Morgan fingerprint density at radius 2 is 2.13 bits per heavy atom. The van der Waals surface area contributed by atoms with Gasteiger partial charge >= 0.3 is 0 Å². The highest BCUT2D eigenvalue weighted by Crippen LogP contribution is 2.23. The molecule has 7 nitrogen and oxygen atoms in total. The van der Waals surface area contributed by atoms with E-state index in [1.165, 1.54) is 12.1 Å². The fourth-order valence-electron chi connectivity index (χ4n) is 3.71. The Bertz CT molecular complexity index is 1020. The summed E-state index contributed by atoms with van der Waals surface area (Å²) in [5.74, 6) is 1.20. The Labute approximate surface area is 180 Å². The van der Waals surface area contributed by atoms with E-state index in [0.29, 0.717) is 37.0 Å². The number of nitrogens with one attached hydrogen (secondary N) is 1. The van der Waals surface area contributed by atoms with Gasteiger partial charge in [0.2, 0.25) is 17.6 Å². The van der Waals surface area contributed by atoms with Crippen LogP contribution in [-0.4, -0.2) is 40.6 Å². The van der Waals surface area contributed by atoms with Gasteiger partial charge in [0.15, 0.2) is 0 Å². The lowest BCUT2D eigenvalue weighted by molar-refractivity contribution is -0.121. The van der Waals surface area contributed by atoms with Gasteiger partial charge in [-0.15, -0.1) is 0 Å². The number of nitrogens with zero attached hydrogens (tertiary/aromatic N) is 3. The molecule has 1 atom stereocenters. The normalized spacial score (nSPS) is 16.8. The van der Waals surface area contributed by atoms with Crippen LogP contribution in [0.2, 0.25) is 0 Å². The molecular formula is C23H25FN4O3. The molecule has 1 aliphatic rings. The second-order valence-electron chi connectivity index (χ2n) is 7.54. The van der Waals surface area contributed by atoms with Crippen LogP contribution >= 0.6 is 0 Å². The molecule has 8 heteroatoms. The maximum atomic E-state index is 13.1. The van der Waals surface area contributed by atoms with E-state index in [2.05, 4.69) is 20.4 Å². The second kappa shape index (κ2) is 9.70. The minimum absolute atomic E-state index is 0.00382. The Kier molecular flexibility index (Phi) is 6.57. The van der Waals surface area contributed by atoms with E-state index in [4.69, 9.17) is 9.26 Å². The van der Waals surface area contributed by atoms with E-state index < -0.39 is 0 Å². The molecule has 1 unspecified atom stereocenters. The lowest BCUT2D eigenvalue weighted by Crippen LogP contribution is -2.40. The molecule has 1 fully saturated rings.